The zero-order chi connectivity index (χ0) is 30.6. The highest BCUT2D eigenvalue weighted by atomic mass is 16.7. The summed E-state index contributed by atoms with van der Waals surface area (Å²) in [5, 5.41) is 45.2. The van der Waals surface area contributed by atoms with E-state index < -0.39 is 71.6 Å². The first-order valence-electron chi connectivity index (χ1n) is 14.2. The van der Waals surface area contributed by atoms with Gasteiger partial charge in [0.05, 0.1) is 36.0 Å². The van der Waals surface area contributed by atoms with Gasteiger partial charge in [-0.1, -0.05) is 54.6 Å². The van der Waals surface area contributed by atoms with Crippen LogP contribution in [0.3, 0.4) is 0 Å². The zero-order valence-corrected chi connectivity index (χ0v) is 23.6. The normalized spacial score (nSPS) is 28.1. The van der Waals surface area contributed by atoms with Crippen LogP contribution in [0.4, 0.5) is 0 Å². The van der Waals surface area contributed by atoms with Crippen molar-refractivity contribution in [1.82, 2.24) is 0 Å². The number of hydrogen-bond acceptors (Lipinski definition) is 10. The first kappa shape index (κ1) is 29.2. The van der Waals surface area contributed by atoms with E-state index in [1.54, 1.807) is 19.1 Å². The lowest BCUT2D eigenvalue weighted by Crippen LogP contribution is -2.50. The standard InChI is InChI=1S/C33H32O10/c1-16-32(41-15-18-8-4-3-5-9-18)22(35)12-24(42-16)43-23-14-33(40,17(2)34)13-21-25(23)31(39)27-26(30(21)38)28(36)19-10-6-7-11-20(19)29(27)37/h3-11,16,22-24,32,35,38-40H,12-15H2,1-2H3/t16?,22?,23-,24?,32?,33?/m1/s1. The minimum Gasteiger partial charge on any atom is -0.507 e. The van der Waals surface area contributed by atoms with Gasteiger partial charge in [0, 0.05) is 41.5 Å². The maximum absolute atomic E-state index is 13.5. The van der Waals surface area contributed by atoms with Crippen molar-refractivity contribution in [1.29, 1.82) is 0 Å². The van der Waals surface area contributed by atoms with Gasteiger partial charge in [0.2, 0.25) is 0 Å². The van der Waals surface area contributed by atoms with Gasteiger partial charge in [-0.15, -0.1) is 0 Å². The molecule has 1 heterocycles. The van der Waals surface area contributed by atoms with Gasteiger partial charge in [0.15, 0.2) is 23.6 Å². The summed E-state index contributed by atoms with van der Waals surface area (Å²) in [5.41, 5.74) is -1.76. The van der Waals surface area contributed by atoms with Gasteiger partial charge in [-0.25, -0.2) is 0 Å². The van der Waals surface area contributed by atoms with E-state index in [0.29, 0.717) is 0 Å². The maximum atomic E-state index is 13.5. The Labute approximate surface area is 247 Å². The third kappa shape index (κ3) is 4.95. The summed E-state index contributed by atoms with van der Waals surface area (Å²) in [7, 11) is 0. The molecule has 10 heteroatoms. The van der Waals surface area contributed by atoms with Gasteiger partial charge in [-0.3, -0.25) is 14.4 Å². The van der Waals surface area contributed by atoms with Gasteiger partial charge in [-0.2, -0.15) is 0 Å². The molecular formula is C33H32O10. The number of carbonyl (C=O) groups is 3. The molecule has 224 valence electrons. The molecule has 3 aromatic rings. The SMILES string of the molecule is CC(=O)C1(O)Cc2c(O)c3c(c(O)c2[C@H](OC2CC(O)C(OCc4ccccc4)C(C)O2)C1)C(=O)c1ccccc1C3=O. The highest BCUT2D eigenvalue weighted by molar-refractivity contribution is 6.30. The molecule has 4 N–H and O–H groups in total. The van der Waals surface area contributed by atoms with Crippen molar-refractivity contribution in [2.24, 2.45) is 0 Å². The van der Waals surface area contributed by atoms with Crippen LogP contribution in [-0.4, -0.2) is 68.0 Å². The Morgan fingerprint density at radius 2 is 1.58 bits per heavy atom. The molecule has 3 aliphatic rings. The molecule has 0 aromatic heterocycles. The zero-order valence-electron chi connectivity index (χ0n) is 23.6. The molecule has 3 aromatic carbocycles. The van der Waals surface area contributed by atoms with E-state index in [-0.39, 0.29) is 52.8 Å². The van der Waals surface area contributed by atoms with E-state index in [9.17, 15) is 34.8 Å². The second-order valence-corrected chi connectivity index (χ2v) is 11.5. The fraction of sp³-hybridized carbons (Fsp3) is 0.364. The molecule has 1 saturated heterocycles. The van der Waals surface area contributed by atoms with Crippen LogP contribution in [-0.2, 0) is 32.0 Å². The first-order valence-corrected chi connectivity index (χ1v) is 14.2. The Morgan fingerprint density at radius 3 is 2.19 bits per heavy atom. The number of benzene rings is 3. The van der Waals surface area contributed by atoms with Crippen molar-refractivity contribution in [2.75, 3.05) is 0 Å². The third-order valence-electron chi connectivity index (χ3n) is 8.67. The van der Waals surface area contributed by atoms with Crippen LogP contribution in [0.15, 0.2) is 54.6 Å². The monoisotopic (exact) mass is 588 g/mol. The number of phenols is 2. The summed E-state index contributed by atoms with van der Waals surface area (Å²) in [6, 6.07) is 15.6. The lowest BCUT2D eigenvalue weighted by Gasteiger charge is -2.42. The summed E-state index contributed by atoms with van der Waals surface area (Å²) < 4.78 is 18.2. The Bertz CT molecular complexity index is 1600. The molecule has 5 unspecified atom stereocenters. The number of ether oxygens (including phenoxy) is 3. The minimum absolute atomic E-state index is 0.0177. The van der Waals surface area contributed by atoms with E-state index in [4.69, 9.17) is 14.2 Å². The molecule has 1 aliphatic heterocycles. The van der Waals surface area contributed by atoms with Crippen LogP contribution in [0.5, 0.6) is 11.5 Å². The summed E-state index contributed by atoms with van der Waals surface area (Å²) in [6.45, 7) is 3.17. The average molecular weight is 589 g/mol. The lowest BCUT2D eigenvalue weighted by molar-refractivity contribution is -0.274. The van der Waals surface area contributed by atoms with Gasteiger partial charge in [-0.05, 0) is 19.4 Å². The number of fused-ring (bicyclic) bond motifs is 3. The van der Waals surface area contributed by atoms with Gasteiger partial charge >= 0.3 is 0 Å². The summed E-state index contributed by atoms with van der Waals surface area (Å²) in [4.78, 5) is 39.5. The van der Waals surface area contributed by atoms with Gasteiger partial charge in [0.25, 0.3) is 0 Å². The Balaban J connectivity index is 1.33. The number of aliphatic hydroxyl groups is 2. The molecule has 0 amide bonds. The third-order valence-corrected chi connectivity index (χ3v) is 8.67. The number of ketones is 3. The molecule has 0 bridgehead atoms. The number of Topliss-reactive ketones (excluding diaryl/α,β-unsaturated/α-hetero) is 1. The number of aromatic hydroxyl groups is 2. The number of hydrogen-bond donors (Lipinski definition) is 4. The van der Waals surface area contributed by atoms with Crippen molar-refractivity contribution in [3.63, 3.8) is 0 Å². The Kier molecular flexibility index (Phi) is 7.44. The molecule has 0 radical (unpaired) electrons. The molecule has 2 aliphatic carbocycles. The maximum Gasteiger partial charge on any atom is 0.198 e. The van der Waals surface area contributed by atoms with E-state index in [1.807, 2.05) is 30.3 Å². The highest BCUT2D eigenvalue weighted by Gasteiger charge is 2.49. The summed E-state index contributed by atoms with van der Waals surface area (Å²) in [5.74, 6) is -3.09. The van der Waals surface area contributed by atoms with E-state index in [0.717, 1.165) is 5.56 Å². The molecular weight excluding hydrogens is 556 g/mol. The predicted molar refractivity (Wildman–Crippen MR) is 151 cm³/mol. The fourth-order valence-corrected chi connectivity index (χ4v) is 6.37. The number of aliphatic hydroxyl groups excluding tert-OH is 1. The van der Waals surface area contributed by atoms with Crippen molar-refractivity contribution in [2.45, 2.75) is 76.0 Å². The van der Waals surface area contributed by atoms with Gasteiger partial charge < -0.3 is 34.6 Å². The minimum atomic E-state index is -2.00. The van der Waals surface area contributed by atoms with Crippen molar-refractivity contribution >= 4 is 17.3 Å². The molecule has 43 heavy (non-hydrogen) atoms. The van der Waals surface area contributed by atoms with Crippen LogP contribution < -0.4 is 0 Å². The average Bonchev–Trinajstić information content (AvgIpc) is 2.97. The quantitative estimate of drug-likeness (QED) is 0.246. The molecule has 6 atom stereocenters. The van der Waals surface area contributed by atoms with E-state index in [1.165, 1.54) is 19.1 Å². The van der Waals surface area contributed by atoms with Crippen LogP contribution in [0.25, 0.3) is 0 Å². The van der Waals surface area contributed by atoms with E-state index >= 15 is 0 Å². The van der Waals surface area contributed by atoms with Crippen LogP contribution in [0.2, 0.25) is 0 Å². The molecule has 0 spiro atoms. The van der Waals surface area contributed by atoms with Gasteiger partial charge in [0.1, 0.15) is 23.2 Å². The van der Waals surface area contributed by atoms with Crippen LogP contribution in [0.1, 0.15) is 81.3 Å². The highest BCUT2D eigenvalue weighted by Crippen LogP contribution is 2.52. The van der Waals surface area contributed by atoms with Crippen molar-refractivity contribution in [3.8, 4) is 11.5 Å². The first-order chi connectivity index (χ1) is 20.5. The second-order valence-electron chi connectivity index (χ2n) is 11.5. The predicted octanol–water partition coefficient (Wildman–Crippen LogP) is 3.28. The largest absolute Gasteiger partial charge is 0.507 e. The fourth-order valence-electron chi connectivity index (χ4n) is 6.37. The summed E-state index contributed by atoms with van der Waals surface area (Å²) >= 11 is 0. The van der Waals surface area contributed by atoms with Crippen molar-refractivity contribution in [3.05, 3.63) is 93.5 Å². The number of phenolic OH excluding ortho intramolecular Hbond substituents is 2. The topological polar surface area (TPSA) is 160 Å². The molecule has 10 nitrogen and oxygen atoms in total. The number of carbonyl (C=O) groups excluding carboxylic acids is 3. The molecule has 0 saturated carbocycles. The lowest BCUT2D eigenvalue weighted by atomic mass is 9.72. The molecule has 1 fully saturated rings. The van der Waals surface area contributed by atoms with Crippen molar-refractivity contribution < 1.29 is 49.0 Å². The Hall–Kier alpha value is -3.93. The number of rotatable bonds is 6. The summed E-state index contributed by atoms with van der Waals surface area (Å²) in [6.07, 6.45) is -5.32. The second kappa shape index (κ2) is 11.0. The smallest absolute Gasteiger partial charge is 0.198 e. The Morgan fingerprint density at radius 1 is 0.977 bits per heavy atom. The van der Waals surface area contributed by atoms with Crippen LogP contribution in [0, 0.1) is 0 Å². The van der Waals surface area contributed by atoms with E-state index in [2.05, 4.69) is 0 Å². The molecule has 6 rings (SSSR count). The van der Waals surface area contributed by atoms with Crippen LogP contribution >= 0.6 is 0 Å².